The van der Waals surface area contributed by atoms with Gasteiger partial charge in [-0.3, -0.25) is 4.79 Å². The lowest BCUT2D eigenvalue weighted by molar-refractivity contribution is 0.0951. The van der Waals surface area contributed by atoms with Crippen molar-refractivity contribution in [3.63, 3.8) is 0 Å². The second kappa shape index (κ2) is 8.12. The molecule has 0 amide bonds. The third-order valence-electron chi connectivity index (χ3n) is 7.47. The number of anilines is 1. The average molecular weight is 468 g/mol. The van der Waals surface area contributed by atoms with Gasteiger partial charge in [0, 0.05) is 22.7 Å². The highest BCUT2D eigenvalue weighted by Crippen LogP contribution is 2.56. The van der Waals surface area contributed by atoms with Crippen LogP contribution in [0.25, 0.3) is 16.8 Å². The fourth-order valence-electron chi connectivity index (χ4n) is 5.91. The maximum absolute atomic E-state index is 14.2. The number of carbonyl (C=O) groups excluding carboxylic acids is 1. The monoisotopic (exact) mass is 467 g/mol. The van der Waals surface area contributed by atoms with Gasteiger partial charge in [0.15, 0.2) is 11.2 Å². The van der Waals surface area contributed by atoms with E-state index in [0.29, 0.717) is 11.1 Å². The minimum atomic E-state index is -1.55. The summed E-state index contributed by atoms with van der Waals surface area (Å²) < 4.78 is 0. The summed E-state index contributed by atoms with van der Waals surface area (Å²) in [6.07, 6.45) is 3.85. The summed E-state index contributed by atoms with van der Waals surface area (Å²) in [5.74, 6) is -0.940. The van der Waals surface area contributed by atoms with E-state index in [9.17, 15) is 20.4 Å². The zero-order chi connectivity index (χ0) is 24.9. The third kappa shape index (κ3) is 2.97. The minimum absolute atomic E-state index is 0.0231. The van der Waals surface area contributed by atoms with Crippen molar-refractivity contribution in [2.24, 2.45) is 5.41 Å². The van der Waals surface area contributed by atoms with Crippen LogP contribution in [0.15, 0.2) is 97.1 Å². The molecule has 3 unspecified atom stereocenters. The van der Waals surface area contributed by atoms with Gasteiger partial charge in [0.2, 0.25) is 0 Å². The minimum Gasteiger partial charge on any atom is -0.508 e. The molecule has 1 fully saturated rings. The van der Waals surface area contributed by atoms with Crippen LogP contribution >= 0.6 is 0 Å². The summed E-state index contributed by atoms with van der Waals surface area (Å²) in [6, 6.07) is 30.7. The average Bonchev–Trinajstić information content (AvgIpc) is 3.24. The second-order valence-corrected chi connectivity index (χ2v) is 9.27. The Morgan fingerprint density at radius 2 is 1.64 bits per heavy atom. The maximum Gasteiger partial charge on any atom is 0.185 e. The number of phenols is 1. The number of aromatic hydroxyl groups is 1. The van der Waals surface area contributed by atoms with Crippen LogP contribution in [0, 0.1) is 28.1 Å². The van der Waals surface area contributed by atoms with Crippen LogP contribution in [0.3, 0.4) is 0 Å². The first kappa shape index (κ1) is 21.6. The maximum atomic E-state index is 14.2. The number of nitriles is 2. The van der Waals surface area contributed by atoms with Gasteiger partial charge >= 0.3 is 0 Å². The molecule has 6 rings (SSSR count). The molecule has 2 aliphatic heterocycles. The van der Waals surface area contributed by atoms with E-state index >= 15 is 0 Å². The Bertz CT molecular complexity index is 1610. The Hall–Kier alpha value is -4.87. The number of rotatable bonds is 3. The fraction of sp³-hybridized carbons (Fsp3) is 0.129. The SMILES string of the molecule is N#CC1(C#N)C(c2cccc(O)c2)C(C(=O)c2ccccc2)N2c3ccc4ccccc4c3C=CC21. The van der Waals surface area contributed by atoms with Crippen LogP contribution in [0.2, 0.25) is 0 Å². The lowest BCUT2D eigenvalue weighted by Crippen LogP contribution is -2.44. The van der Waals surface area contributed by atoms with Crippen molar-refractivity contribution >= 4 is 28.3 Å². The van der Waals surface area contributed by atoms with E-state index in [1.165, 1.54) is 0 Å². The summed E-state index contributed by atoms with van der Waals surface area (Å²) in [4.78, 5) is 16.2. The predicted molar refractivity (Wildman–Crippen MR) is 138 cm³/mol. The van der Waals surface area contributed by atoms with Gasteiger partial charge in [-0.15, -0.1) is 0 Å². The Kier molecular flexibility index (Phi) is 4.88. The van der Waals surface area contributed by atoms with E-state index in [-0.39, 0.29) is 11.5 Å². The van der Waals surface area contributed by atoms with Gasteiger partial charge in [-0.25, -0.2) is 0 Å². The first-order valence-electron chi connectivity index (χ1n) is 11.8. The van der Waals surface area contributed by atoms with Crippen molar-refractivity contribution in [3.05, 3.63) is 114 Å². The van der Waals surface area contributed by atoms with Gasteiger partial charge in [-0.2, -0.15) is 10.5 Å². The number of Topliss-reactive ketones (excluding diaryl/α,β-unsaturated/α-hetero) is 1. The second-order valence-electron chi connectivity index (χ2n) is 9.27. The predicted octanol–water partition coefficient (Wildman–Crippen LogP) is 5.83. The Labute approximate surface area is 208 Å². The molecule has 5 heteroatoms. The van der Waals surface area contributed by atoms with Gasteiger partial charge in [0.1, 0.15) is 11.8 Å². The standard InChI is InChI=1S/C31H21N3O2/c32-18-31(19-33)27-16-14-25-24-12-5-4-7-20(24)13-15-26(25)34(27)29(30(36)21-8-2-1-3-9-21)28(31)22-10-6-11-23(35)17-22/h1-17,27-29,35H. The molecule has 2 heterocycles. The van der Waals surface area contributed by atoms with Crippen molar-refractivity contribution in [3.8, 4) is 17.9 Å². The van der Waals surface area contributed by atoms with E-state index in [1.54, 1.807) is 36.4 Å². The van der Waals surface area contributed by atoms with Crippen LogP contribution in [0.4, 0.5) is 5.69 Å². The number of hydrogen-bond donors (Lipinski definition) is 1. The highest BCUT2D eigenvalue weighted by molar-refractivity contribution is 6.06. The molecule has 172 valence electrons. The first-order chi connectivity index (χ1) is 17.6. The number of fused-ring (bicyclic) bond motifs is 5. The quantitative estimate of drug-likeness (QED) is 0.383. The molecule has 1 saturated heterocycles. The number of carbonyl (C=O) groups is 1. The summed E-state index contributed by atoms with van der Waals surface area (Å²) in [6.45, 7) is 0. The smallest absolute Gasteiger partial charge is 0.185 e. The first-order valence-corrected chi connectivity index (χ1v) is 11.8. The van der Waals surface area contributed by atoms with Crippen molar-refractivity contribution in [1.29, 1.82) is 10.5 Å². The highest BCUT2D eigenvalue weighted by Gasteiger charge is 2.63. The Morgan fingerprint density at radius 1 is 0.889 bits per heavy atom. The van der Waals surface area contributed by atoms with Crippen molar-refractivity contribution < 1.29 is 9.90 Å². The molecule has 0 aromatic heterocycles. The Morgan fingerprint density at radius 3 is 2.39 bits per heavy atom. The van der Waals surface area contributed by atoms with Gasteiger partial charge < -0.3 is 10.0 Å². The van der Waals surface area contributed by atoms with Crippen molar-refractivity contribution in [2.45, 2.75) is 18.0 Å². The molecule has 2 aliphatic rings. The lowest BCUT2D eigenvalue weighted by atomic mass is 9.69. The van der Waals surface area contributed by atoms with Crippen LogP contribution < -0.4 is 4.90 Å². The summed E-state index contributed by atoms with van der Waals surface area (Å²) in [5.41, 5.74) is 1.31. The molecular weight excluding hydrogens is 446 g/mol. The number of benzene rings is 4. The molecule has 1 N–H and O–H groups in total. The number of hydrogen-bond acceptors (Lipinski definition) is 5. The molecule has 0 radical (unpaired) electrons. The zero-order valence-corrected chi connectivity index (χ0v) is 19.2. The van der Waals surface area contributed by atoms with Crippen LogP contribution in [0.1, 0.15) is 27.4 Å². The van der Waals surface area contributed by atoms with E-state index in [1.807, 2.05) is 71.6 Å². The molecular formula is C31H21N3O2. The molecule has 4 aromatic rings. The molecule has 3 atom stereocenters. The topological polar surface area (TPSA) is 88.1 Å². The zero-order valence-electron chi connectivity index (χ0n) is 19.2. The van der Waals surface area contributed by atoms with Gasteiger partial charge in [-0.1, -0.05) is 84.9 Å². The molecule has 0 bridgehead atoms. The molecule has 4 aromatic carbocycles. The molecule has 36 heavy (non-hydrogen) atoms. The van der Waals surface area contributed by atoms with E-state index in [2.05, 4.69) is 12.1 Å². The summed E-state index contributed by atoms with van der Waals surface area (Å²) >= 11 is 0. The van der Waals surface area contributed by atoms with E-state index in [0.717, 1.165) is 22.0 Å². The van der Waals surface area contributed by atoms with Crippen LogP contribution in [-0.4, -0.2) is 23.0 Å². The normalized spacial score (nSPS) is 21.3. The molecule has 0 aliphatic carbocycles. The number of phenolic OH excluding ortho intramolecular Hbond substituents is 1. The van der Waals surface area contributed by atoms with E-state index < -0.39 is 23.4 Å². The van der Waals surface area contributed by atoms with Crippen molar-refractivity contribution in [1.82, 2.24) is 0 Å². The van der Waals surface area contributed by atoms with Gasteiger partial charge in [-0.05, 0) is 34.5 Å². The third-order valence-corrected chi connectivity index (χ3v) is 7.47. The fourth-order valence-corrected chi connectivity index (χ4v) is 5.91. The molecule has 5 nitrogen and oxygen atoms in total. The molecule has 0 saturated carbocycles. The van der Waals surface area contributed by atoms with Gasteiger partial charge in [0.05, 0.1) is 18.2 Å². The van der Waals surface area contributed by atoms with Crippen LogP contribution in [0.5, 0.6) is 5.75 Å². The van der Waals surface area contributed by atoms with Crippen LogP contribution in [-0.2, 0) is 0 Å². The number of nitrogens with zero attached hydrogens (tertiary/aromatic N) is 3. The highest BCUT2D eigenvalue weighted by atomic mass is 16.3. The largest absolute Gasteiger partial charge is 0.508 e. The van der Waals surface area contributed by atoms with E-state index in [4.69, 9.17) is 0 Å². The Balaban J connectivity index is 1.65. The lowest BCUT2D eigenvalue weighted by Gasteiger charge is -2.36. The van der Waals surface area contributed by atoms with Gasteiger partial charge in [0.25, 0.3) is 0 Å². The van der Waals surface area contributed by atoms with Crippen molar-refractivity contribution in [2.75, 3.05) is 4.90 Å². The summed E-state index contributed by atoms with van der Waals surface area (Å²) in [5, 5.41) is 33.5. The number of ketones is 1. The molecule has 0 spiro atoms. The summed E-state index contributed by atoms with van der Waals surface area (Å²) in [7, 11) is 0.